The zero-order chi connectivity index (χ0) is 23.2. The summed E-state index contributed by atoms with van der Waals surface area (Å²) in [6, 6.07) is 5.18. The van der Waals surface area contributed by atoms with Gasteiger partial charge in [-0.25, -0.2) is 9.79 Å². The van der Waals surface area contributed by atoms with Crippen LogP contribution in [0.25, 0.3) is 6.08 Å². The standard InChI is InChI=1S/C21H19N5O5S/c1-11-15(10-24(3)23-11)18-17(20(28)31-4)12(2)22-21-25(18)19(27)16(32-21)9-13-5-7-14(8-6-13)26(29)30/h5-10,18H,1-4H3/b16-9+/t18-/m1/s1. The molecular weight excluding hydrogens is 434 g/mol. The number of aryl methyl sites for hydroxylation is 2. The maximum absolute atomic E-state index is 13.4. The Morgan fingerprint density at radius 3 is 2.53 bits per heavy atom. The van der Waals surface area contributed by atoms with E-state index in [1.807, 2.05) is 6.92 Å². The highest BCUT2D eigenvalue weighted by Crippen LogP contribution is 2.31. The lowest BCUT2D eigenvalue weighted by Gasteiger charge is -2.23. The number of esters is 1. The van der Waals surface area contributed by atoms with Crippen LogP contribution in [0.15, 0.2) is 51.5 Å². The summed E-state index contributed by atoms with van der Waals surface area (Å²) in [6.45, 7) is 3.52. The van der Waals surface area contributed by atoms with Crippen molar-refractivity contribution >= 4 is 29.1 Å². The lowest BCUT2D eigenvalue weighted by atomic mass is 9.96. The number of allylic oxidation sites excluding steroid dienone is 1. The molecule has 0 bridgehead atoms. The summed E-state index contributed by atoms with van der Waals surface area (Å²) in [5.74, 6) is -0.566. The van der Waals surface area contributed by atoms with Crippen LogP contribution >= 0.6 is 11.3 Å². The molecule has 0 saturated heterocycles. The quantitative estimate of drug-likeness (QED) is 0.334. The monoisotopic (exact) mass is 453 g/mol. The van der Waals surface area contributed by atoms with Crippen LogP contribution in [0.4, 0.5) is 5.69 Å². The molecule has 1 aliphatic rings. The lowest BCUT2D eigenvalue weighted by molar-refractivity contribution is -0.384. The van der Waals surface area contributed by atoms with Crippen molar-refractivity contribution < 1.29 is 14.5 Å². The first-order valence-electron chi connectivity index (χ1n) is 9.56. The Morgan fingerprint density at radius 1 is 1.28 bits per heavy atom. The average molecular weight is 453 g/mol. The van der Waals surface area contributed by atoms with Crippen molar-refractivity contribution in [1.29, 1.82) is 0 Å². The number of nitro benzene ring substituents is 1. The minimum atomic E-state index is -0.730. The summed E-state index contributed by atoms with van der Waals surface area (Å²) in [5.41, 5.74) is 2.40. The molecule has 1 aromatic carbocycles. The zero-order valence-electron chi connectivity index (χ0n) is 17.7. The molecule has 2 aromatic heterocycles. The number of hydrogen-bond donors (Lipinski definition) is 0. The lowest BCUT2D eigenvalue weighted by Crippen LogP contribution is -2.40. The van der Waals surface area contributed by atoms with Gasteiger partial charge in [0, 0.05) is 30.9 Å². The van der Waals surface area contributed by atoms with Crippen LogP contribution in [0.1, 0.15) is 29.8 Å². The minimum Gasteiger partial charge on any atom is -0.466 e. The average Bonchev–Trinajstić information content (AvgIpc) is 3.24. The number of carbonyl (C=O) groups excluding carboxylic acids is 1. The number of ether oxygens (including phenoxy) is 1. The van der Waals surface area contributed by atoms with Crippen LogP contribution in [0, 0.1) is 17.0 Å². The Labute approximate surface area is 185 Å². The van der Waals surface area contributed by atoms with E-state index < -0.39 is 16.9 Å². The molecule has 1 atom stereocenters. The van der Waals surface area contributed by atoms with Crippen molar-refractivity contribution in [3.05, 3.63) is 88.4 Å². The first-order chi connectivity index (χ1) is 15.2. The second-order valence-electron chi connectivity index (χ2n) is 7.27. The number of aromatic nitrogens is 3. The van der Waals surface area contributed by atoms with E-state index in [0.717, 1.165) is 0 Å². The highest BCUT2D eigenvalue weighted by Gasteiger charge is 2.34. The summed E-state index contributed by atoms with van der Waals surface area (Å²) < 4.78 is 8.48. The molecule has 164 valence electrons. The molecular formula is C21H19N5O5S. The summed E-state index contributed by atoms with van der Waals surface area (Å²) in [5, 5.41) is 15.2. The number of benzene rings is 1. The molecule has 0 unspecified atom stereocenters. The number of non-ortho nitro benzene ring substituents is 1. The SMILES string of the molecule is COC(=O)C1=C(C)N=c2s/c(=C/c3ccc([N+](=O)[O-])cc3)c(=O)n2[C@@H]1c1cn(C)nc1C. The van der Waals surface area contributed by atoms with Gasteiger partial charge in [0.2, 0.25) is 0 Å². The molecule has 0 fully saturated rings. The molecule has 0 amide bonds. The fourth-order valence-electron chi connectivity index (χ4n) is 3.72. The van der Waals surface area contributed by atoms with E-state index in [9.17, 15) is 19.7 Å². The molecule has 11 heteroatoms. The maximum Gasteiger partial charge on any atom is 0.338 e. The van der Waals surface area contributed by atoms with Gasteiger partial charge >= 0.3 is 5.97 Å². The van der Waals surface area contributed by atoms with Gasteiger partial charge in [0.1, 0.15) is 6.04 Å². The molecule has 0 radical (unpaired) electrons. The van der Waals surface area contributed by atoms with Crippen LogP contribution in [0.5, 0.6) is 0 Å². The Bertz CT molecular complexity index is 1460. The smallest absolute Gasteiger partial charge is 0.338 e. The van der Waals surface area contributed by atoms with E-state index in [0.29, 0.717) is 31.9 Å². The summed E-state index contributed by atoms with van der Waals surface area (Å²) in [4.78, 5) is 41.4. The molecule has 0 spiro atoms. The van der Waals surface area contributed by atoms with Crippen molar-refractivity contribution in [1.82, 2.24) is 14.3 Å². The van der Waals surface area contributed by atoms with Gasteiger partial charge in [0.05, 0.1) is 33.5 Å². The van der Waals surface area contributed by atoms with E-state index in [-0.39, 0.29) is 16.8 Å². The van der Waals surface area contributed by atoms with Crippen LogP contribution in [0.2, 0.25) is 0 Å². The van der Waals surface area contributed by atoms with E-state index >= 15 is 0 Å². The van der Waals surface area contributed by atoms with Crippen molar-refractivity contribution in [3.63, 3.8) is 0 Å². The van der Waals surface area contributed by atoms with Crippen molar-refractivity contribution in [2.45, 2.75) is 19.9 Å². The molecule has 0 saturated carbocycles. The maximum atomic E-state index is 13.4. The van der Waals surface area contributed by atoms with E-state index in [1.165, 1.54) is 35.1 Å². The van der Waals surface area contributed by atoms with Crippen LogP contribution < -0.4 is 14.9 Å². The van der Waals surface area contributed by atoms with Gasteiger partial charge < -0.3 is 4.74 Å². The number of thiazole rings is 1. The predicted molar refractivity (Wildman–Crippen MR) is 117 cm³/mol. The molecule has 0 aliphatic carbocycles. The Hall–Kier alpha value is -3.86. The van der Waals surface area contributed by atoms with E-state index in [2.05, 4.69) is 10.1 Å². The number of nitrogens with zero attached hydrogens (tertiary/aromatic N) is 5. The first kappa shape index (κ1) is 21.4. The first-order valence-corrected chi connectivity index (χ1v) is 10.4. The molecule has 1 aliphatic heterocycles. The van der Waals surface area contributed by atoms with Crippen LogP contribution in [-0.2, 0) is 16.6 Å². The Kier molecular flexibility index (Phi) is 5.35. The van der Waals surface area contributed by atoms with Crippen molar-refractivity contribution in [2.75, 3.05) is 7.11 Å². The van der Waals surface area contributed by atoms with E-state index in [4.69, 9.17) is 4.74 Å². The van der Waals surface area contributed by atoms with Gasteiger partial charge in [0.15, 0.2) is 4.80 Å². The normalized spacial score (nSPS) is 16.0. The number of fused-ring (bicyclic) bond motifs is 1. The fourth-order valence-corrected chi connectivity index (χ4v) is 4.76. The summed E-state index contributed by atoms with van der Waals surface area (Å²) in [6.07, 6.45) is 3.42. The topological polar surface area (TPSA) is 122 Å². The highest BCUT2D eigenvalue weighted by atomic mass is 32.1. The summed E-state index contributed by atoms with van der Waals surface area (Å²) >= 11 is 1.18. The molecule has 32 heavy (non-hydrogen) atoms. The third-order valence-corrected chi connectivity index (χ3v) is 6.16. The van der Waals surface area contributed by atoms with Gasteiger partial charge in [-0.3, -0.25) is 24.2 Å². The number of nitro groups is 1. The summed E-state index contributed by atoms with van der Waals surface area (Å²) in [7, 11) is 3.05. The number of hydrogen-bond acceptors (Lipinski definition) is 8. The van der Waals surface area contributed by atoms with Gasteiger partial charge in [0.25, 0.3) is 11.2 Å². The van der Waals surface area contributed by atoms with Crippen molar-refractivity contribution in [3.8, 4) is 0 Å². The fraction of sp³-hybridized carbons (Fsp3) is 0.238. The van der Waals surface area contributed by atoms with Gasteiger partial charge in [-0.15, -0.1) is 0 Å². The van der Waals surface area contributed by atoms with Gasteiger partial charge in [-0.2, -0.15) is 5.10 Å². The largest absolute Gasteiger partial charge is 0.466 e. The van der Waals surface area contributed by atoms with Crippen LogP contribution in [0.3, 0.4) is 0 Å². The number of rotatable bonds is 4. The third kappa shape index (κ3) is 3.56. The molecule has 3 heterocycles. The number of methoxy groups -OCH3 is 1. The third-order valence-electron chi connectivity index (χ3n) is 5.17. The predicted octanol–water partition coefficient (Wildman–Crippen LogP) is 1.36. The van der Waals surface area contributed by atoms with Crippen LogP contribution in [-0.4, -0.2) is 32.3 Å². The van der Waals surface area contributed by atoms with Crippen molar-refractivity contribution in [2.24, 2.45) is 12.0 Å². The second kappa shape index (κ2) is 8.00. The molecule has 10 nitrogen and oxygen atoms in total. The Morgan fingerprint density at radius 2 is 1.97 bits per heavy atom. The molecule has 4 rings (SSSR count). The van der Waals surface area contributed by atoms with Gasteiger partial charge in [-0.1, -0.05) is 11.3 Å². The zero-order valence-corrected chi connectivity index (χ0v) is 18.5. The Balaban J connectivity index is 1.94. The van der Waals surface area contributed by atoms with E-state index in [1.54, 1.807) is 43.1 Å². The molecule has 0 N–H and O–H groups in total. The van der Waals surface area contributed by atoms with Gasteiger partial charge in [-0.05, 0) is 37.6 Å². The minimum absolute atomic E-state index is 0.0333. The number of carbonyl (C=O) groups is 1. The highest BCUT2D eigenvalue weighted by molar-refractivity contribution is 7.07. The second-order valence-corrected chi connectivity index (χ2v) is 8.27. The molecule has 3 aromatic rings.